The van der Waals surface area contributed by atoms with Gasteiger partial charge in [-0.3, -0.25) is 9.59 Å². The van der Waals surface area contributed by atoms with Gasteiger partial charge in [0, 0.05) is 13.1 Å². The lowest BCUT2D eigenvalue weighted by Crippen LogP contribution is -2.43. The Morgan fingerprint density at radius 3 is 2.63 bits per heavy atom. The van der Waals surface area contributed by atoms with E-state index in [4.69, 9.17) is 0 Å². The largest absolute Gasteiger partial charge is 0.471 e. The number of aromatic nitrogens is 3. The third kappa shape index (κ3) is 5.02. The van der Waals surface area contributed by atoms with E-state index in [0.29, 0.717) is 21.7 Å². The van der Waals surface area contributed by atoms with Gasteiger partial charge in [0.2, 0.25) is 10.0 Å². The highest BCUT2D eigenvalue weighted by atomic mass is 32.2. The molecule has 0 spiro atoms. The van der Waals surface area contributed by atoms with Crippen molar-refractivity contribution in [1.82, 2.24) is 24.6 Å². The molecule has 1 N–H and O–H groups in total. The molecule has 13 heteroatoms. The van der Waals surface area contributed by atoms with Gasteiger partial charge in [0.15, 0.2) is 5.78 Å². The molecule has 1 aromatic carbocycles. The minimum absolute atomic E-state index is 0.0116. The first-order chi connectivity index (χ1) is 14.0. The van der Waals surface area contributed by atoms with Crippen LogP contribution in [0, 0.1) is 0 Å². The second-order valence-electron chi connectivity index (χ2n) is 6.84. The molecule has 2 heterocycles. The molecule has 3 rings (SSSR count). The second kappa shape index (κ2) is 8.14. The van der Waals surface area contributed by atoms with Crippen LogP contribution < -0.4 is 4.72 Å². The van der Waals surface area contributed by atoms with Gasteiger partial charge in [0.25, 0.3) is 0 Å². The Balaban J connectivity index is 1.72. The molecular formula is C17H18F3N5O4S. The third-order valence-corrected chi connectivity index (χ3v) is 5.84. The molecule has 2 aromatic rings. The number of ketones is 1. The summed E-state index contributed by atoms with van der Waals surface area (Å²) in [5.74, 6) is -2.09. The van der Waals surface area contributed by atoms with Gasteiger partial charge in [-0.25, -0.2) is 17.8 Å². The number of sulfonamides is 1. The third-order valence-electron chi connectivity index (χ3n) is 4.44. The first kappa shape index (κ1) is 21.9. The minimum atomic E-state index is -4.98. The highest BCUT2D eigenvalue weighted by molar-refractivity contribution is 7.89. The molecule has 1 aliphatic heterocycles. The number of nitrogens with one attached hydrogen (secondary N) is 1. The van der Waals surface area contributed by atoms with Crippen LogP contribution in [0.5, 0.6) is 0 Å². The average molecular weight is 445 g/mol. The molecule has 9 nitrogen and oxygen atoms in total. The summed E-state index contributed by atoms with van der Waals surface area (Å²) in [5.41, 5.74) is 1.32. The maximum Gasteiger partial charge on any atom is 0.471 e. The van der Waals surface area contributed by atoms with Crippen LogP contribution in [0.4, 0.5) is 13.2 Å². The molecule has 0 saturated carbocycles. The molecular weight excluding hydrogens is 427 g/mol. The normalized spacial score (nSPS) is 14.5. The van der Waals surface area contributed by atoms with Gasteiger partial charge in [-0.15, -0.1) is 5.10 Å². The summed E-state index contributed by atoms with van der Waals surface area (Å²) in [6.07, 6.45) is -3.36. The number of fused-ring (bicyclic) bond motifs is 1. The van der Waals surface area contributed by atoms with E-state index in [1.54, 1.807) is 0 Å². The number of rotatable bonds is 6. The summed E-state index contributed by atoms with van der Waals surface area (Å²) < 4.78 is 66.8. The Morgan fingerprint density at radius 2 is 1.97 bits per heavy atom. The molecule has 1 amide bonds. The van der Waals surface area contributed by atoms with Gasteiger partial charge in [-0.05, 0) is 36.6 Å². The summed E-state index contributed by atoms with van der Waals surface area (Å²) in [4.78, 5) is 23.1. The zero-order valence-corrected chi connectivity index (χ0v) is 16.6. The van der Waals surface area contributed by atoms with Crippen LogP contribution in [0.2, 0.25) is 0 Å². The van der Waals surface area contributed by atoms with Gasteiger partial charge in [0.05, 0.1) is 23.3 Å². The average Bonchev–Trinajstić information content (AvgIpc) is 3.11. The Hall–Kier alpha value is -2.80. The lowest BCUT2D eigenvalue weighted by Gasteiger charge is -2.29. The molecule has 0 radical (unpaired) electrons. The van der Waals surface area contributed by atoms with E-state index in [9.17, 15) is 31.2 Å². The van der Waals surface area contributed by atoms with E-state index in [0.717, 1.165) is 0 Å². The fourth-order valence-corrected chi connectivity index (χ4v) is 4.08. The predicted octanol–water partition coefficient (Wildman–Crippen LogP) is 0.793. The van der Waals surface area contributed by atoms with Crippen molar-refractivity contribution in [2.45, 2.75) is 44.1 Å². The van der Waals surface area contributed by atoms with Crippen LogP contribution in [0.15, 0.2) is 29.3 Å². The molecule has 0 atom stereocenters. The van der Waals surface area contributed by atoms with Crippen LogP contribution in [0.3, 0.4) is 0 Å². The summed E-state index contributed by atoms with van der Waals surface area (Å²) in [6, 6.07) is 4.15. The van der Waals surface area contributed by atoms with E-state index in [1.165, 1.54) is 36.0 Å². The Bertz CT molecular complexity index is 1080. The van der Waals surface area contributed by atoms with E-state index < -0.39 is 22.1 Å². The molecule has 0 bridgehead atoms. The SMILES string of the molecule is CC(=O)Cn1cc(CNS(=O)(=O)c2ccc3c(c2)CN(C(=O)C(F)(F)F)CC3)nn1. The maximum absolute atomic E-state index is 12.7. The van der Waals surface area contributed by atoms with Crippen LogP contribution in [-0.4, -0.2) is 52.7 Å². The van der Waals surface area contributed by atoms with Gasteiger partial charge < -0.3 is 4.90 Å². The van der Waals surface area contributed by atoms with Crippen molar-refractivity contribution in [1.29, 1.82) is 0 Å². The number of halogens is 3. The Kier molecular flexibility index (Phi) is 5.94. The zero-order chi connectivity index (χ0) is 22.1. The number of hydrogen-bond donors (Lipinski definition) is 1. The van der Waals surface area contributed by atoms with Crippen molar-refractivity contribution in [3.05, 3.63) is 41.2 Å². The molecule has 1 aromatic heterocycles. The molecule has 0 unspecified atom stereocenters. The summed E-state index contributed by atoms with van der Waals surface area (Å²) in [7, 11) is -3.99. The standard InChI is InChI=1S/C17H18F3N5O4S/c1-11(26)8-25-10-14(22-23-25)7-21-30(28,29)15-3-2-12-4-5-24(9-13(12)6-15)16(27)17(18,19)20/h2-3,6,10,21H,4-5,7-9H2,1H3. The van der Waals surface area contributed by atoms with Crippen LogP contribution in [0.1, 0.15) is 23.7 Å². The van der Waals surface area contributed by atoms with E-state index in [1.807, 2.05) is 0 Å². The minimum Gasteiger partial charge on any atom is -0.330 e. The Labute approximate surface area is 169 Å². The van der Waals surface area contributed by atoms with Crippen molar-refractivity contribution >= 4 is 21.7 Å². The quantitative estimate of drug-likeness (QED) is 0.703. The summed E-state index contributed by atoms with van der Waals surface area (Å²) >= 11 is 0. The fourth-order valence-electron chi connectivity index (χ4n) is 3.03. The molecule has 0 aliphatic carbocycles. The number of alkyl halides is 3. The number of nitrogens with zero attached hydrogens (tertiary/aromatic N) is 4. The predicted molar refractivity (Wildman–Crippen MR) is 96.3 cm³/mol. The lowest BCUT2D eigenvalue weighted by molar-refractivity contribution is -0.186. The Morgan fingerprint density at radius 1 is 1.23 bits per heavy atom. The van der Waals surface area contributed by atoms with Crippen LogP contribution >= 0.6 is 0 Å². The fraction of sp³-hybridized carbons (Fsp3) is 0.412. The van der Waals surface area contributed by atoms with Gasteiger partial charge in [0.1, 0.15) is 6.54 Å². The van der Waals surface area contributed by atoms with Crippen molar-refractivity contribution in [2.75, 3.05) is 6.54 Å². The molecule has 0 fully saturated rings. The number of carbonyl (C=O) groups is 2. The smallest absolute Gasteiger partial charge is 0.330 e. The summed E-state index contributed by atoms with van der Waals surface area (Å²) in [5, 5.41) is 7.49. The van der Waals surface area contributed by atoms with Crippen molar-refractivity contribution in [3.63, 3.8) is 0 Å². The molecule has 162 valence electrons. The molecule has 1 aliphatic rings. The number of amides is 1. The van der Waals surface area contributed by atoms with E-state index >= 15 is 0 Å². The van der Waals surface area contributed by atoms with Crippen LogP contribution in [0.25, 0.3) is 0 Å². The first-order valence-corrected chi connectivity index (χ1v) is 10.3. The summed E-state index contributed by atoms with van der Waals surface area (Å²) in [6.45, 7) is 0.791. The van der Waals surface area contributed by atoms with Gasteiger partial charge in [-0.2, -0.15) is 13.2 Å². The van der Waals surface area contributed by atoms with Crippen LogP contribution in [-0.2, 0) is 45.7 Å². The number of Topliss-reactive ketones (excluding diaryl/α,β-unsaturated/α-hetero) is 1. The topological polar surface area (TPSA) is 114 Å². The molecule has 30 heavy (non-hydrogen) atoms. The van der Waals surface area contributed by atoms with E-state index in [2.05, 4.69) is 15.0 Å². The second-order valence-corrected chi connectivity index (χ2v) is 8.61. The van der Waals surface area contributed by atoms with Gasteiger partial charge >= 0.3 is 12.1 Å². The first-order valence-electron chi connectivity index (χ1n) is 8.82. The van der Waals surface area contributed by atoms with E-state index in [-0.39, 0.29) is 43.3 Å². The van der Waals surface area contributed by atoms with Crippen molar-refractivity contribution < 1.29 is 31.2 Å². The number of hydrogen-bond acceptors (Lipinski definition) is 6. The highest BCUT2D eigenvalue weighted by Gasteiger charge is 2.43. The maximum atomic E-state index is 12.7. The van der Waals surface area contributed by atoms with Gasteiger partial charge in [-0.1, -0.05) is 11.3 Å². The zero-order valence-electron chi connectivity index (χ0n) is 15.8. The monoisotopic (exact) mass is 445 g/mol. The highest BCUT2D eigenvalue weighted by Crippen LogP contribution is 2.26. The molecule has 0 saturated heterocycles. The van der Waals surface area contributed by atoms with Crippen molar-refractivity contribution in [3.8, 4) is 0 Å². The number of benzene rings is 1. The van der Waals surface area contributed by atoms with Crippen molar-refractivity contribution in [2.24, 2.45) is 0 Å². The number of carbonyl (C=O) groups excluding carboxylic acids is 2. The lowest BCUT2D eigenvalue weighted by atomic mass is 10.00.